The van der Waals surface area contributed by atoms with E-state index in [1.807, 2.05) is 42.1 Å². The van der Waals surface area contributed by atoms with E-state index in [1.165, 1.54) is 23.5 Å². The number of carbonyl (C=O) groups is 1. The van der Waals surface area contributed by atoms with Crippen molar-refractivity contribution in [3.05, 3.63) is 58.5 Å². The lowest BCUT2D eigenvalue weighted by Gasteiger charge is -2.49. The second-order valence-electron chi connectivity index (χ2n) is 13.2. The van der Waals surface area contributed by atoms with Gasteiger partial charge in [-0.15, -0.1) is 0 Å². The van der Waals surface area contributed by atoms with Gasteiger partial charge in [0.2, 0.25) is 0 Å². The van der Waals surface area contributed by atoms with Crippen LogP contribution in [0.2, 0.25) is 0 Å². The van der Waals surface area contributed by atoms with Gasteiger partial charge in [-0.1, -0.05) is 18.3 Å². The second kappa shape index (κ2) is 10.8. The first-order chi connectivity index (χ1) is 20.8. The van der Waals surface area contributed by atoms with Gasteiger partial charge >= 0.3 is 6.09 Å². The second-order valence-corrected chi connectivity index (χ2v) is 14.1. The Morgan fingerprint density at radius 1 is 1.23 bits per heavy atom. The number of aromatic nitrogens is 3. The Bertz CT molecular complexity index is 1780. The minimum absolute atomic E-state index is 0.0517. The number of benzene rings is 1. The average Bonchev–Trinajstić information content (AvgIpc) is 3.64. The number of anilines is 3. The highest BCUT2D eigenvalue weighted by atomic mass is 32.1. The van der Waals surface area contributed by atoms with Gasteiger partial charge in [0.15, 0.2) is 5.13 Å². The van der Waals surface area contributed by atoms with Gasteiger partial charge in [0.05, 0.1) is 16.9 Å². The van der Waals surface area contributed by atoms with Gasteiger partial charge in [0.1, 0.15) is 28.1 Å². The van der Waals surface area contributed by atoms with Crippen molar-refractivity contribution in [2.45, 2.75) is 66.0 Å². The Morgan fingerprint density at radius 2 is 1.93 bits per heavy atom. The molecule has 1 atom stereocenters. The summed E-state index contributed by atoms with van der Waals surface area (Å²) in [6, 6.07) is 12.8. The highest BCUT2D eigenvalue weighted by Crippen LogP contribution is 2.46. The molecule has 0 saturated carbocycles. The first-order valence-electron chi connectivity index (χ1n) is 15.0. The van der Waals surface area contributed by atoms with Crippen molar-refractivity contribution >= 4 is 39.5 Å². The van der Waals surface area contributed by atoms with Crippen LogP contribution in [0.5, 0.6) is 0 Å². The highest BCUT2D eigenvalue weighted by Gasteiger charge is 2.52. The summed E-state index contributed by atoms with van der Waals surface area (Å²) in [5, 5.41) is 15.5. The van der Waals surface area contributed by atoms with E-state index in [9.17, 15) is 14.4 Å². The van der Waals surface area contributed by atoms with Gasteiger partial charge < -0.3 is 19.4 Å². The summed E-state index contributed by atoms with van der Waals surface area (Å²) >= 11 is 1.31. The summed E-state index contributed by atoms with van der Waals surface area (Å²) < 4.78 is 21.2. The van der Waals surface area contributed by atoms with E-state index in [2.05, 4.69) is 43.9 Å². The van der Waals surface area contributed by atoms with Crippen LogP contribution < -0.4 is 9.80 Å². The van der Waals surface area contributed by atoms with Gasteiger partial charge in [-0.05, 0) is 83.9 Å². The summed E-state index contributed by atoms with van der Waals surface area (Å²) in [6.07, 6.45) is 1.44. The molecular weight excluding hydrogens is 577 g/mol. The van der Waals surface area contributed by atoms with E-state index in [0.29, 0.717) is 27.8 Å². The number of amides is 1. The molecule has 5 heterocycles. The minimum Gasteiger partial charge on any atom is -0.444 e. The van der Waals surface area contributed by atoms with Crippen LogP contribution in [-0.4, -0.2) is 63.9 Å². The number of rotatable bonds is 5. The van der Waals surface area contributed by atoms with Crippen LogP contribution in [0, 0.1) is 29.5 Å². The smallest absolute Gasteiger partial charge is 0.410 e. The van der Waals surface area contributed by atoms with Gasteiger partial charge in [0, 0.05) is 55.1 Å². The van der Waals surface area contributed by atoms with Crippen LogP contribution in [0.3, 0.4) is 0 Å². The Morgan fingerprint density at radius 3 is 2.57 bits per heavy atom. The molecule has 1 aromatic carbocycles. The number of pyridine rings is 1. The molecule has 230 valence electrons. The number of ether oxygens (including phenoxy) is 1. The number of carbonyl (C=O) groups excluding carboxylic acids is 1. The quantitative estimate of drug-likeness (QED) is 0.240. The molecule has 0 radical (unpaired) electrons. The lowest BCUT2D eigenvalue weighted by molar-refractivity contribution is 0.0216. The van der Waals surface area contributed by atoms with Crippen LogP contribution in [0.25, 0.3) is 16.8 Å². The van der Waals surface area contributed by atoms with E-state index >= 15 is 0 Å². The Kier molecular flexibility index (Phi) is 7.31. The van der Waals surface area contributed by atoms with Gasteiger partial charge in [-0.25, -0.2) is 18.7 Å². The fourth-order valence-corrected chi connectivity index (χ4v) is 7.45. The molecule has 1 amide bonds. The van der Waals surface area contributed by atoms with E-state index < -0.39 is 5.60 Å². The molecule has 2 fully saturated rings. The van der Waals surface area contributed by atoms with E-state index in [1.54, 1.807) is 12.1 Å². The molecule has 4 aromatic rings. The normalized spacial score (nSPS) is 17.7. The SMILES string of the molecule is CCc1nn2c(C)cc(N3CC4(CC(C)N(C(=O)OC(C)(C)C)C4)C3)cc2c1N(C)c1nc(-c2ccc(F)cc2)c(C#N)s1. The number of likely N-dealkylation sites (tertiary alicyclic amines) is 1. The number of nitrogens with zero attached hydrogens (tertiary/aromatic N) is 7. The lowest BCUT2D eigenvalue weighted by Crippen LogP contribution is -2.58. The predicted octanol–water partition coefficient (Wildman–Crippen LogP) is 6.94. The van der Waals surface area contributed by atoms with Crippen LogP contribution >= 0.6 is 11.3 Å². The molecule has 44 heavy (non-hydrogen) atoms. The number of aryl methyl sites for hydroxylation is 2. The molecular formula is C33H38FN7O2S. The average molecular weight is 616 g/mol. The maximum absolute atomic E-state index is 13.6. The number of hydrogen-bond donors (Lipinski definition) is 0. The zero-order chi connectivity index (χ0) is 31.6. The van der Waals surface area contributed by atoms with Gasteiger partial charge in [-0.2, -0.15) is 10.4 Å². The predicted molar refractivity (Wildman–Crippen MR) is 171 cm³/mol. The monoisotopic (exact) mass is 615 g/mol. The van der Waals surface area contributed by atoms with Crippen LogP contribution in [0.1, 0.15) is 57.3 Å². The number of hydrogen-bond acceptors (Lipinski definition) is 8. The van der Waals surface area contributed by atoms with Crippen LogP contribution in [0.15, 0.2) is 36.4 Å². The molecule has 1 unspecified atom stereocenters. The van der Waals surface area contributed by atoms with Crippen molar-refractivity contribution in [2.24, 2.45) is 5.41 Å². The summed E-state index contributed by atoms with van der Waals surface area (Å²) in [5.41, 5.74) is 5.76. The van der Waals surface area contributed by atoms with Crippen molar-refractivity contribution in [2.75, 3.05) is 36.5 Å². The van der Waals surface area contributed by atoms with Crippen molar-refractivity contribution in [1.29, 1.82) is 5.26 Å². The third kappa shape index (κ3) is 5.25. The third-order valence-corrected chi connectivity index (χ3v) is 9.58. The molecule has 1 spiro atoms. The molecule has 2 aliphatic rings. The number of thiazole rings is 1. The summed E-state index contributed by atoms with van der Waals surface area (Å²) in [6.45, 7) is 14.4. The number of halogens is 1. The molecule has 0 aliphatic carbocycles. The molecule has 0 bridgehead atoms. The molecule has 0 N–H and O–H groups in total. The number of nitriles is 1. The van der Waals surface area contributed by atoms with Crippen molar-refractivity contribution < 1.29 is 13.9 Å². The molecule has 2 aliphatic heterocycles. The van der Waals surface area contributed by atoms with Gasteiger partial charge in [0.25, 0.3) is 0 Å². The molecule has 11 heteroatoms. The first-order valence-corrected chi connectivity index (χ1v) is 15.8. The summed E-state index contributed by atoms with van der Waals surface area (Å²) in [5.74, 6) is -0.333. The Labute approximate surface area is 261 Å². The fourth-order valence-electron chi connectivity index (χ4n) is 6.60. The topological polar surface area (TPSA) is 90.0 Å². The zero-order valence-corrected chi connectivity index (χ0v) is 27.1. The number of fused-ring (bicyclic) bond motifs is 1. The maximum atomic E-state index is 13.6. The maximum Gasteiger partial charge on any atom is 0.410 e. The lowest BCUT2D eigenvalue weighted by atomic mass is 9.77. The summed E-state index contributed by atoms with van der Waals surface area (Å²) in [7, 11) is 1.95. The van der Waals surface area contributed by atoms with Gasteiger partial charge in [-0.3, -0.25) is 0 Å². The van der Waals surface area contributed by atoms with Crippen LogP contribution in [0.4, 0.5) is 25.7 Å². The largest absolute Gasteiger partial charge is 0.444 e. The van der Waals surface area contributed by atoms with Crippen molar-refractivity contribution in [3.63, 3.8) is 0 Å². The molecule has 6 rings (SSSR count). The van der Waals surface area contributed by atoms with Crippen molar-refractivity contribution in [3.8, 4) is 17.3 Å². The zero-order valence-electron chi connectivity index (χ0n) is 26.3. The summed E-state index contributed by atoms with van der Waals surface area (Å²) in [4.78, 5) is 24.5. The minimum atomic E-state index is -0.518. The van der Waals surface area contributed by atoms with E-state index in [-0.39, 0.29) is 23.4 Å². The first kappa shape index (κ1) is 29.9. The van der Waals surface area contributed by atoms with Crippen LogP contribution in [-0.2, 0) is 11.2 Å². The Balaban J connectivity index is 1.29. The molecule has 3 aromatic heterocycles. The van der Waals surface area contributed by atoms with E-state index in [4.69, 9.17) is 14.8 Å². The van der Waals surface area contributed by atoms with Crippen molar-refractivity contribution in [1.82, 2.24) is 19.5 Å². The Hall–Kier alpha value is -4.17. The molecule has 2 saturated heterocycles. The third-order valence-electron chi connectivity index (χ3n) is 8.54. The molecule has 9 nitrogen and oxygen atoms in total. The standard InChI is InChI=1S/C33H38FN7O2S/c1-8-25-29(38(7)30-36-28(27(16-35)44-30)22-9-11-23(34)12-10-22)26-14-24(13-20(2)41(26)37-25)39-17-33(18-39)15-21(3)40(19-33)31(42)43-32(4,5)6/h9-14,21H,8,15,17-19H2,1-7H3. The fraction of sp³-hybridized carbons (Fsp3) is 0.455. The van der Waals surface area contributed by atoms with E-state index in [0.717, 1.165) is 54.2 Å². The highest BCUT2D eigenvalue weighted by molar-refractivity contribution is 7.16.